The second kappa shape index (κ2) is 5.17. The minimum Gasteiger partial charge on any atom is -0.325 e. The van der Waals surface area contributed by atoms with Crippen molar-refractivity contribution in [1.29, 1.82) is 0 Å². The Labute approximate surface area is 104 Å². The highest BCUT2D eigenvalue weighted by atomic mass is 15.4. The van der Waals surface area contributed by atoms with Gasteiger partial charge in [-0.1, -0.05) is 31.4 Å². The van der Waals surface area contributed by atoms with Crippen molar-refractivity contribution < 1.29 is 0 Å². The van der Waals surface area contributed by atoms with Crippen LogP contribution >= 0.6 is 0 Å². The molecule has 2 N–H and O–H groups in total. The number of nitrogens with two attached hydrogens (primary N) is 1. The monoisotopic (exact) mass is 236 g/mol. The molecule has 0 amide bonds. The zero-order chi connectivity index (χ0) is 12.3. The summed E-state index contributed by atoms with van der Waals surface area (Å²) in [4.78, 5) is 0. The summed E-state index contributed by atoms with van der Waals surface area (Å²) in [7, 11) is 1.90. The van der Waals surface area contributed by atoms with Crippen molar-refractivity contribution in [1.82, 2.24) is 15.0 Å². The highest BCUT2D eigenvalue weighted by molar-refractivity contribution is 5.02. The van der Waals surface area contributed by atoms with Crippen molar-refractivity contribution in [3.63, 3.8) is 0 Å². The first-order valence-corrected chi connectivity index (χ1v) is 6.75. The van der Waals surface area contributed by atoms with Crippen LogP contribution in [0.4, 0.5) is 0 Å². The lowest BCUT2D eigenvalue weighted by Crippen LogP contribution is -2.41. The van der Waals surface area contributed by atoms with E-state index in [2.05, 4.69) is 17.2 Å². The predicted molar refractivity (Wildman–Crippen MR) is 68.5 cm³/mol. The average Bonchev–Trinajstić information content (AvgIpc) is 2.59. The van der Waals surface area contributed by atoms with E-state index in [-0.39, 0.29) is 5.54 Å². The molecule has 1 aliphatic rings. The predicted octanol–water partition coefficient (Wildman–Crippen LogP) is 2.05. The van der Waals surface area contributed by atoms with Gasteiger partial charge in [0.25, 0.3) is 0 Å². The van der Waals surface area contributed by atoms with Crippen molar-refractivity contribution in [2.24, 2.45) is 18.7 Å². The minimum atomic E-state index is -0.0556. The fraction of sp³-hybridized carbons (Fsp3) is 0.846. The lowest BCUT2D eigenvalue weighted by atomic mass is 9.86. The van der Waals surface area contributed by atoms with Crippen molar-refractivity contribution >= 4 is 0 Å². The third kappa shape index (κ3) is 3.28. The summed E-state index contributed by atoms with van der Waals surface area (Å²) in [6, 6.07) is 0. The molecule has 0 bridgehead atoms. The van der Waals surface area contributed by atoms with Crippen LogP contribution < -0.4 is 5.73 Å². The summed E-state index contributed by atoms with van der Waals surface area (Å²) in [5.74, 6) is 0.877. The van der Waals surface area contributed by atoms with Gasteiger partial charge in [-0.2, -0.15) is 0 Å². The quantitative estimate of drug-likeness (QED) is 0.817. The van der Waals surface area contributed by atoms with Gasteiger partial charge in [-0.3, -0.25) is 4.68 Å². The summed E-state index contributed by atoms with van der Waals surface area (Å²) >= 11 is 0. The standard InChI is InChI=1S/C13H24N4/c1-3-11-5-4-7-13(14,8-6-11)9-12-10-17(2)16-15-12/h10-11H,3-9,14H2,1-2H3. The van der Waals surface area contributed by atoms with Crippen LogP contribution in [0.15, 0.2) is 6.20 Å². The summed E-state index contributed by atoms with van der Waals surface area (Å²) in [5.41, 5.74) is 7.52. The maximum atomic E-state index is 6.54. The zero-order valence-corrected chi connectivity index (χ0v) is 11.0. The van der Waals surface area contributed by atoms with Gasteiger partial charge in [-0.25, -0.2) is 0 Å². The largest absolute Gasteiger partial charge is 0.325 e. The first-order valence-electron chi connectivity index (χ1n) is 6.75. The topological polar surface area (TPSA) is 56.7 Å². The number of hydrogen-bond donors (Lipinski definition) is 1. The van der Waals surface area contributed by atoms with Gasteiger partial charge in [-0.15, -0.1) is 5.10 Å². The molecule has 0 aliphatic heterocycles. The maximum Gasteiger partial charge on any atom is 0.0845 e. The van der Waals surface area contributed by atoms with Crippen LogP contribution in [0.2, 0.25) is 0 Å². The summed E-state index contributed by atoms with van der Waals surface area (Å²) in [6.45, 7) is 2.29. The molecule has 0 aromatic carbocycles. The molecule has 1 fully saturated rings. The van der Waals surface area contributed by atoms with Gasteiger partial charge in [0.2, 0.25) is 0 Å². The Morgan fingerprint density at radius 3 is 2.94 bits per heavy atom. The van der Waals surface area contributed by atoms with E-state index in [9.17, 15) is 0 Å². The van der Waals surface area contributed by atoms with Crippen LogP contribution in [0.5, 0.6) is 0 Å². The summed E-state index contributed by atoms with van der Waals surface area (Å²) in [5, 5.41) is 8.14. The van der Waals surface area contributed by atoms with Gasteiger partial charge in [0, 0.05) is 25.2 Å². The molecule has 17 heavy (non-hydrogen) atoms. The van der Waals surface area contributed by atoms with Crippen molar-refractivity contribution in [2.75, 3.05) is 0 Å². The third-order valence-electron chi connectivity index (χ3n) is 4.10. The first-order chi connectivity index (χ1) is 8.11. The van der Waals surface area contributed by atoms with E-state index in [4.69, 9.17) is 5.73 Å². The Morgan fingerprint density at radius 2 is 2.29 bits per heavy atom. The third-order valence-corrected chi connectivity index (χ3v) is 4.10. The van der Waals surface area contributed by atoms with Crippen molar-refractivity contribution in [2.45, 2.75) is 57.4 Å². The fourth-order valence-electron chi connectivity index (χ4n) is 2.93. The number of aromatic nitrogens is 3. The van der Waals surface area contributed by atoms with Crippen LogP contribution in [0.1, 0.15) is 51.1 Å². The van der Waals surface area contributed by atoms with Crippen molar-refractivity contribution in [3.8, 4) is 0 Å². The highest BCUT2D eigenvalue weighted by Gasteiger charge is 2.29. The first kappa shape index (κ1) is 12.6. The summed E-state index contributed by atoms with van der Waals surface area (Å²) in [6.07, 6.45) is 10.3. The van der Waals surface area contributed by atoms with Gasteiger partial charge >= 0.3 is 0 Å². The van der Waals surface area contributed by atoms with Gasteiger partial charge < -0.3 is 5.73 Å². The summed E-state index contributed by atoms with van der Waals surface area (Å²) < 4.78 is 1.75. The molecular formula is C13H24N4. The highest BCUT2D eigenvalue weighted by Crippen LogP contribution is 2.32. The van der Waals surface area contributed by atoms with Crippen LogP contribution in [0.25, 0.3) is 0 Å². The molecular weight excluding hydrogens is 212 g/mol. The molecule has 0 saturated heterocycles. The average molecular weight is 236 g/mol. The lowest BCUT2D eigenvalue weighted by molar-refractivity contribution is 0.355. The molecule has 1 aliphatic carbocycles. The normalized spacial score (nSPS) is 30.2. The van der Waals surface area contributed by atoms with Gasteiger partial charge in [-0.05, 0) is 25.2 Å². The van der Waals surface area contributed by atoms with E-state index in [1.807, 2.05) is 13.2 Å². The number of rotatable bonds is 3. The molecule has 0 spiro atoms. The molecule has 2 rings (SSSR count). The SMILES string of the molecule is CCC1CCCC(N)(Cc2cn(C)nn2)CC1. The molecule has 1 saturated carbocycles. The smallest absolute Gasteiger partial charge is 0.0845 e. The molecule has 1 heterocycles. The van der Waals surface area contributed by atoms with Crippen molar-refractivity contribution in [3.05, 3.63) is 11.9 Å². The van der Waals surface area contributed by atoms with E-state index < -0.39 is 0 Å². The van der Waals surface area contributed by atoms with Gasteiger partial charge in [0.1, 0.15) is 0 Å². The molecule has 2 atom stereocenters. The van der Waals surface area contributed by atoms with Crippen LogP contribution in [0, 0.1) is 5.92 Å². The minimum absolute atomic E-state index is 0.0556. The Kier molecular flexibility index (Phi) is 3.82. The van der Waals surface area contributed by atoms with Crippen LogP contribution in [-0.4, -0.2) is 20.5 Å². The maximum absolute atomic E-state index is 6.54. The van der Waals surface area contributed by atoms with E-state index in [1.54, 1.807) is 4.68 Å². The lowest BCUT2D eigenvalue weighted by Gasteiger charge is -2.27. The Morgan fingerprint density at radius 1 is 1.47 bits per heavy atom. The zero-order valence-electron chi connectivity index (χ0n) is 11.0. The second-order valence-electron chi connectivity index (χ2n) is 5.63. The van der Waals surface area contributed by atoms with E-state index in [0.717, 1.165) is 30.9 Å². The molecule has 4 heteroatoms. The number of hydrogen-bond acceptors (Lipinski definition) is 3. The number of nitrogens with zero attached hydrogens (tertiary/aromatic N) is 3. The van der Waals surface area contributed by atoms with Gasteiger partial charge in [0.05, 0.1) is 5.69 Å². The molecule has 96 valence electrons. The molecule has 1 aromatic heterocycles. The van der Waals surface area contributed by atoms with Gasteiger partial charge in [0.15, 0.2) is 0 Å². The molecule has 4 nitrogen and oxygen atoms in total. The fourth-order valence-corrected chi connectivity index (χ4v) is 2.93. The van der Waals surface area contributed by atoms with Crippen LogP contribution in [0.3, 0.4) is 0 Å². The Bertz CT molecular complexity index is 360. The molecule has 2 unspecified atom stereocenters. The molecule has 0 radical (unpaired) electrons. The second-order valence-corrected chi connectivity index (χ2v) is 5.63. The molecule has 1 aromatic rings. The number of aryl methyl sites for hydroxylation is 1. The van der Waals surface area contributed by atoms with E-state index >= 15 is 0 Å². The Hall–Kier alpha value is -0.900. The Balaban J connectivity index is 1.98. The van der Waals surface area contributed by atoms with E-state index in [0.29, 0.717) is 0 Å². The van der Waals surface area contributed by atoms with Crippen LogP contribution in [-0.2, 0) is 13.5 Å². The van der Waals surface area contributed by atoms with E-state index in [1.165, 1.54) is 25.7 Å².